The number of carboxylic acids is 1. The van der Waals surface area contributed by atoms with Crippen LogP contribution in [0.25, 0.3) is 22.5 Å². The Labute approximate surface area is 176 Å². The SMILES string of the molecule is Cc1nc(-c2cc(C)c3nc(C)n(Cc4ccc(Cl)cc4Cl)c3c2)oc1C(=O)O. The second-order valence-electron chi connectivity index (χ2n) is 6.88. The van der Waals surface area contributed by atoms with Crippen LogP contribution in [0.5, 0.6) is 0 Å². The Morgan fingerprint density at radius 1 is 1.14 bits per heavy atom. The van der Waals surface area contributed by atoms with Crippen LogP contribution >= 0.6 is 23.2 Å². The van der Waals surface area contributed by atoms with Crippen LogP contribution in [0.15, 0.2) is 34.7 Å². The van der Waals surface area contributed by atoms with Crippen LogP contribution in [0.2, 0.25) is 10.0 Å². The quantitative estimate of drug-likeness (QED) is 0.451. The highest BCUT2D eigenvalue weighted by Crippen LogP contribution is 2.30. The monoisotopic (exact) mass is 429 g/mol. The topological polar surface area (TPSA) is 81.2 Å². The van der Waals surface area contributed by atoms with Gasteiger partial charge < -0.3 is 14.1 Å². The van der Waals surface area contributed by atoms with Crippen LogP contribution < -0.4 is 0 Å². The molecule has 2 aromatic carbocycles. The number of carbonyl (C=O) groups is 1. The first-order chi connectivity index (χ1) is 13.7. The number of rotatable bonds is 4. The fourth-order valence-electron chi connectivity index (χ4n) is 3.37. The molecule has 0 spiro atoms. The summed E-state index contributed by atoms with van der Waals surface area (Å²) in [5, 5.41) is 10.4. The van der Waals surface area contributed by atoms with Crippen molar-refractivity contribution in [3.8, 4) is 11.5 Å². The summed E-state index contributed by atoms with van der Waals surface area (Å²) in [4.78, 5) is 20.3. The van der Waals surface area contributed by atoms with E-state index in [0.29, 0.717) is 27.8 Å². The molecule has 2 heterocycles. The fraction of sp³-hybridized carbons (Fsp3) is 0.190. The molecule has 0 aliphatic heterocycles. The molecule has 6 nitrogen and oxygen atoms in total. The molecule has 0 bridgehead atoms. The van der Waals surface area contributed by atoms with Gasteiger partial charge in [-0.15, -0.1) is 0 Å². The predicted molar refractivity (Wildman–Crippen MR) is 112 cm³/mol. The van der Waals surface area contributed by atoms with Gasteiger partial charge in [-0.2, -0.15) is 0 Å². The van der Waals surface area contributed by atoms with Crippen molar-refractivity contribution in [2.75, 3.05) is 0 Å². The Kier molecular flexibility index (Phi) is 4.84. The third kappa shape index (κ3) is 3.50. The van der Waals surface area contributed by atoms with Gasteiger partial charge in [-0.1, -0.05) is 29.3 Å². The first-order valence-electron chi connectivity index (χ1n) is 8.87. The van der Waals surface area contributed by atoms with E-state index in [2.05, 4.69) is 9.55 Å². The van der Waals surface area contributed by atoms with E-state index in [0.717, 1.165) is 28.0 Å². The van der Waals surface area contributed by atoms with Gasteiger partial charge in [0.2, 0.25) is 11.7 Å². The van der Waals surface area contributed by atoms with Gasteiger partial charge in [-0.3, -0.25) is 0 Å². The molecule has 0 fully saturated rings. The predicted octanol–water partition coefficient (Wildman–Crippen LogP) is 5.67. The smallest absolute Gasteiger partial charge is 0.373 e. The van der Waals surface area contributed by atoms with Gasteiger partial charge in [0.1, 0.15) is 5.82 Å². The van der Waals surface area contributed by atoms with Crippen LogP contribution in [-0.2, 0) is 6.54 Å². The van der Waals surface area contributed by atoms with Crippen molar-refractivity contribution in [2.45, 2.75) is 27.3 Å². The van der Waals surface area contributed by atoms with Crippen molar-refractivity contribution in [3.05, 3.63) is 68.8 Å². The first kappa shape index (κ1) is 19.5. The fourth-order valence-corrected chi connectivity index (χ4v) is 3.84. The average Bonchev–Trinajstić information content (AvgIpc) is 3.18. The highest BCUT2D eigenvalue weighted by atomic mass is 35.5. The molecule has 0 saturated heterocycles. The molecule has 148 valence electrons. The van der Waals surface area contributed by atoms with Gasteiger partial charge in [0.25, 0.3) is 0 Å². The molecule has 0 amide bonds. The van der Waals surface area contributed by atoms with Crippen LogP contribution in [0.4, 0.5) is 0 Å². The molecule has 0 unspecified atom stereocenters. The molecule has 29 heavy (non-hydrogen) atoms. The summed E-state index contributed by atoms with van der Waals surface area (Å²) >= 11 is 12.4. The third-order valence-corrected chi connectivity index (χ3v) is 5.40. The average molecular weight is 430 g/mol. The Bertz CT molecular complexity index is 1270. The van der Waals surface area contributed by atoms with Crippen molar-refractivity contribution in [3.63, 3.8) is 0 Å². The van der Waals surface area contributed by atoms with Gasteiger partial charge in [-0.25, -0.2) is 14.8 Å². The van der Waals surface area contributed by atoms with Crippen LogP contribution in [0.1, 0.15) is 33.2 Å². The van der Waals surface area contributed by atoms with Gasteiger partial charge >= 0.3 is 5.97 Å². The van der Waals surface area contributed by atoms with Gasteiger partial charge in [0.05, 0.1) is 23.3 Å². The Morgan fingerprint density at radius 2 is 1.90 bits per heavy atom. The minimum atomic E-state index is -1.14. The van der Waals surface area contributed by atoms with Crippen molar-refractivity contribution in [1.82, 2.24) is 14.5 Å². The largest absolute Gasteiger partial charge is 0.475 e. The molecule has 0 atom stereocenters. The van der Waals surface area contributed by atoms with Crippen molar-refractivity contribution >= 4 is 40.2 Å². The van der Waals surface area contributed by atoms with E-state index in [1.165, 1.54) is 0 Å². The lowest BCUT2D eigenvalue weighted by atomic mass is 10.1. The second-order valence-corrected chi connectivity index (χ2v) is 7.72. The molecular weight excluding hydrogens is 413 g/mol. The highest BCUT2D eigenvalue weighted by molar-refractivity contribution is 6.35. The zero-order valence-corrected chi connectivity index (χ0v) is 17.5. The molecule has 4 aromatic rings. The van der Waals surface area contributed by atoms with Gasteiger partial charge in [-0.05, 0) is 56.2 Å². The lowest BCUT2D eigenvalue weighted by molar-refractivity contribution is 0.0662. The normalized spacial score (nSPS) is 11.3. The number of benzene rings is 2. The van der Waals surface area contributed by atoms with E-state index in [4.69, 9.17) is 32.6 Å². The number of hydrogen-bond acceptors (Lipinski definition) is 4. The summed E-state index contributed by atoms with van der Waals surface area (Å²) < 4.78 is 7.54. The van der Waals surface area contributed by atoms with Crippen molar-refractivity contribution < 1.29 is 14.3 Å². The number of fused-ring (bicyclic) bond motifs is 1. The zero-order chi connectivity index (χ0) is 20.9. The maximum Gasteiger partial charge on any atom is 0.373 e. The van der Waals surface area contributed by atoms with E-state index >= 15 is 0 Å². The number of nitrogens with zero attached hydrogens (tertiary/aromatic N) is 3. The number of aromatic nitrogens is 3. The molecule has 8 heteroatoms. The lowest BCUT2D eigenvalue weighted by Gasteiger charge is -2.10. The molecule has 2 aromatic heterocycles. The van der Waals surface area contributed by atoms with E-state index in [1.54, 1.807) is 19.1 Å². The Balaban J connectivity index is 1.85. The highest BCUT2D eigenvalue weighted by Gasteiger charge is 2.19. The lowest BCUT2D eigenvalue weighted by Crippen LogP contribution is -2.02. The number of halogens is 2. The Morgan fingerprint density at radius 3 is 2.55 bits per heavy atom. The second kappa shape index (κ2) is 7.21. The summed E-state index contributed by atoms with van der Waals surface area (Å²) in [5.41, 5.74) is 4.63. The molecule has 0 aliphatic carbocycles. The molecule has 4 rings (SSSR count). The van der Waals surface area contributed by atoms with Crippen LogP contribution in [0.3, 0.4) is 0 Å². The van der Waals surface area contributed by atoms with Gasteiger partial charge in [0.15, 0.2) is 0 Å². The van der Waals surface area contributed by atoms with Gasteiger partial charge in [0, 0.05) is 15.6 Å². The minimum Gasteiger partial charge on any atom is -0.475 e. The summed E-state index contributed by atoms with van der Waals surface area (Å²) in [5.74, 6) is -0.200. The Hall–Kier alpha value is -2.83. The number of aryl methyl sites for hydroxylation is 3. The first-order valence-corrected chi connectivity index (χ1v) is 9.62. The number of aromatic carboxylic acids is 1. The van der Waals surface area contributed by atoms with Crippen LogP contribution in [0, 0.1) is 20.8 Å². The standard InChI is InChI=1S/C21H17Cl2N3O3/c1-10-6-14(20-24-11(2)19(29-20)21(27)28)7-17-18(10)25-12(3)26(17)9-13-4-5-15(22)8-16(13)23/h4-8H,9H2,1-3H3,(H,27,28). The third-order valence-electron chi connectivity index (χ3n) is 4.82. The molecule has 0 radical (unpaired) electrons. The van der Waals surface area contributed by atoms with E-state index in [1.807, 2.05) is 32.0 Å². The summed E-state index contributed by atoms with van der Waals surface area (Å²) in [6.07, 6.45) is 0. The van der Waals surface area contributed by atoms with Crippen LogP contribution in [-0.4, -0.2) is 25.6 Å². The minimum absolute atomic E-state index is 0.157. The number of hydrogen-bond donors (Lipinski definition) is 1. The summed E-state index contributed by atoms with van der Waals surface area (Å²) in [6, 6.07) is 9.21. The summed E-state index contributed by atoms with van der Waals surface area (Å²) in [7, 11) is 0. The number of carboxylic acid groups (broad SMARTS) is 1. The van der Waals surface area contributed by atoms with E-state index in [9.17, 15) is 9.90 Å². The van der Waals surface area contributed by atoms with Crippen molar-refractivity contribution in [2.24, 2.45) is 0 Å². The molecule has 1 N–H and O–H groups in total. The molecular formula is C21H17Cl2N3O3. The van der Waals surface area contributed by atoms with E-state index in [-0.39, 0.29) is 11.7 Å². The maximum atomic E-state index is 11.3. The zero-order valence-electron chi connectivity index (χ0n) is 16.0. The molecule has 0 aliphatic rings. The maximum absolute atomic E-state index is 11.3. The molecule has 0 saturated carbocycles. The van der Waals surface area contributed by atoms with Crippen molar-refractivity contribution in [1.29, 1.82) is 0 Å². The number of imidazole rings is 1. The van der Waals surface area contributed by atoms with E-state index < -0.39 is 5.97 Å². The number of oxazole rings is 1. The summed E-state index contributed by atoms with van der Waals surface area (Å²) in [6.45, 7) is 6.01.